The zero-order valence-electron chi connectivity index (χ0n) is 10.2. The Hall–Kier alpha value is -2.06. The Kier molecular flexibility index (Phi) is 3.69. The van der Waals surface area contributed by atoms with Crippen molar-refractivity contribution < 1.29 is 18.3 Å². The van der Waals surface area contributed by atoms with E-state index in [1.807, 2.05) is 0 Å². The number of carboxylic acids is 1. The molecule has 0 spiro atoms. The molecule has 0 fully saturated rings. The van der Waals surface area contributed by atoms with E-state index in [9.17, 15) is 13.2 Å². The lowest BCUT2D eigenvalue weighted by molar-refractivity contribution is 0.0686. The normalized spacial score (nSPS) is 11.3. The monoisotopic (exact) mass is 315 g/mol. The number of nitrogens with zero attached hydrogens (tertiary/aromatic N) is 1. The van der Waals surface area contributed by atoms with E-state index in [2.05, 4.69) is 14.9 Å². The van der Waals surface area contributed by atoms with E-state index in [-0.39, 0.29) is 16.3 Å². The number of carboxylic acid groups (broad SMARTS) is 1. The Morgan fingerprint density at radius 3 is 2.50 bits per heavy atom. The molecule has 2 rings (SSSR count). The van der Waals surface area contributed by atoms with Gasteiger partial charge < -0.3 is 5.11 Å². The van der Waals surface area contributed by atoms with Crippen molar-refractivity contribution in [3.05, 3.63) is 40.7 Å². The van der Waals surface area contributed by atoms with Crippen molar-refractivity contribution in [3.63, 3.8) is 0 Å². The summed E-state index contributed by atoms with van der Waals surface area (Å²) < 4.78 is 26.7. The van der Waals surface area contributed by atoms with Gasteiger partial charge in [-0.15, -0.1) is 0 Å². The van der Waals surface area contributed by atoms with Gasteiger partial charge in [0.15, 0.2) is 5.69 Å². The van der Waals surface area contributed by atoms with Gasteiger partial charge in [0, 0.05) is 10.7 Å². The van der Waals surface area contributed by atoms with Crippen LogP contribution in [0, 0.1) is 6.92 Å². The molecule has 0 saturated heterocycles. The predicted molar refractivity (Wildman–Crippen MR) is 72.5 cm³/mol. The van der Waals surface area contributed by atoms with E-state index < -0.39 is 21.7 Å². The molecule has 1 aromatic carbocycles. The molecule has 7 nitrogen and oxygen atoms in total. The molecule has 0 aliphatic carbocycles. The molecular formula is C11H10ClN3O4S. The number of nitrogens with one attached hydrogen (secondary N) is 2. The van der Waals surface area contributed by atoms with Crippen LogP contribution >= 0.6 is 11.6 Å². The van der Waals surface area contributed by atoms with Gasteiger partial charge in [-0.3, -0.25) is 9.82 Å². The highest BCUT2D eigenvalue weighted by Crippen LogP contribution is 2.22. The van der Waals surface area contributed by atoms with Crippen LogP contribution in [0.25, 0.3) is 0 Å². The number of hydrogen-bond acceptors (Lipinski definition) is 4. The van der Waals surface area contributed by atoms with Crippen LogP contribution in [0.2, 0.25) is 5.02 Å². The highest BCUT2D eigenvalue weighted by Gasteiger charge is 2.28. The van der Waals surface area contributed by atoms with Gasteiger partial charge in [-0.2, -0.15) is 5.10 Å². The lowest BCUT2D eigenvalue weighted by Gasteiger charge is -2.08. The maximum atomic E-state index is 12.2. The highest BCUT2D eigenvalue weighted by molar-refractivity contribution is 7.92. The summed E-state index contributed by atoms with van der Waals surface area (Å²) in [5.41, 5.74) is -0.140. The van der Waals surface area contributed by atoms with Gasteiger partial charge in [-0.1, -0.05) is 11.6 Å². The molecule has 9 heteroatoms. The van der Waals surface area contributed by atoms with Crippen molar-refractivity contribution in [2.45, 2.75) is 11.8 Å². The number of carbonyl (C=O) groups is 1. The minimum absolute atomic E-state index is 0.142. The fraction of sp³-hybridized carbons (Fsp3) is 0.0909. The number of aromatic nitrogens is 2. The van der Waals surface area contributed by atoms with Crippen molar-refractivity contribution in [2.24, 2.45) is 0 Å². The van der Waals surface area contributed by atoms with E-state index in [1.54, 1.807) is 0 Å². The Balaban J connectivity index is 2.43. The first kappa shape index (κ1) is 14.4. The Labute approximate surface area is 119 Å². The summed E-state index contributed by atoms with van der Waals surface area (Å²) in [5, 5.41) is 15.2. The van der Waals surface area contributed by atoms with Crippen LogP contribution < -0.4 is 4.72 Å². The van der Waals surface area contributed by atoms with Crippen LogP contribution in [0.1, 0.15) is 16.2 Å². The van der Waals surface area contributed by atoms with Crippen LogP contribution in [-0.4, -0.2) is 29.7 Å². The Morgan fingerprint density at radius 1 is 1.35 bits per heavy atom. The fourth-order valence-electron chi connectivity index (χ4n) is 1.62. The number of halogens is 1. The number of sulfonamides is 1. The molecule has 1 heterocycles. The van der Waals surface area contributed by atoms with E-state index >= 15 is 0 Å². The topological polar surface area (TPSA) is 112 Å². The average molecular weight is 316 g/mol. The second kappa shape index (κ2) is 5.14. The van der Waals surface area contributed by atoms with Crippen LogP contribution in [0.15, 0.2) is 29.2 Å². The summed E-state index contributed by atoms with van der Waals surface area (Å²) >= 11 is 5.70. The minimum atomic E-state index is -4.06. The Bertz CT molecular complexity index is 752. The van der Waals surface area contributed by atoms with Crippen molar-refractivity contribution in [1.29, 1.82) is 0 Å². The van der Waals surface area contributed by atoms with Gasteiger partial charge in [0.2, 0.25) is 0 Å². The van der Waals surface area contributed by atoms with Crippen LogP contribution in [0.4, 0.5) is 5.69 Å². The van der Waals surface area contributed by atoms with Crippen molar-refractivity contribution in [3.8, 4) is 0 Å². The molecule has 0 aliphatic rings. The Morgan fingerprint density at radius 2 is 1.95 bits per heavy atom. The number of aromatic carboxylic acids is 1. The number of H-pyrrole nitrogens is 1. The number of anilines is 1. The van der Waals surface area contributed by atoms with Crippen LogP contribution in [0.5, 0.6) is 0 Å². The van der Waals surface area contributed by atoms with Gasteiger partial charge in [0.05, 0.1) is 5.69 Å². The van der Waals surface area contributed by atoms with Gasteiger partial charge >= 0.3 is 5.97 Å². The maximum absolute atomic E-state index is 12.2. The lowest BCUT2D eigenvalue weighted by atomic mass is 10.3. The molecule has 20 heavy (non-hydrogen) atoms. The predicted octanol–water partition coefficient (Wildman–Crippen LogP) is 1.87. The van der Waals surface area contributed by atoms with E-state index in [4.69, 9.17) is 16.7 Å². The molecule has 106 valence electrons. The zero-order valence-corrected chi connectivity index (χ0v) is 11.8. The summed E-state index contributed by atoms with van der Waals surface area (Å²) in [6.07, 6.45) is 0. The molecule has 0 bridgehead atoms. The van der Waals surface area contributed by atoms with Crippen molar-refractivity contribution >= 4 is 33.3 Å². The second-order valence-corrected chi connectivity index (χ2v) is 6.00. The van der Waals surface area contributed by atoms with Gasteiger partial charge in [-0.05, 0) is 31.2 Å². The van der Waals surface area contributed by atoms with Gasteiger partial charge in [-0.25, -0.2) is 13.2 Å². The molecule has 0 saturated carbocycles. The van der Waals surface area contributed by atoms with Crippen LogP contribution in [-0.2, 0) is 10.0 Å². The number of benzene rings is 1. The first-order valence-electron chi connectivity index (χ1n) is 5.38. The van der Waals surface area contributed by atoms with E-state index in [0.717, 1.165) is 0 Å². The standard InChI is InChI=1S/C11H10ClN3O4S/c1-6-10(9(11(16)17)14-13-6)20(18,19)15-8-4-2-7(12)3-5-8/h2-5,15H,1H3,(H,13,14)(H,16,17). The smallest absolute Gasteiger partial charge is 0.357 e. The second-order valence-electron chi connectivity index (χ2n) is 3.94. The molecule has 2 aromatic rings. The third kappa shape index (κ3) is 2.75. The molecular weight excluding hydrogens is 306 g/mol. The van der Waals surface area contributed by atoms with E-state index in [1.165, 1.54) is 31.2 Å². The van der Waals surface area contributed by atoms with Crippen molar-refractivity contribution in [1.82, 2.24) is 10.2 Å². The maximum Gasteiger partial charge on any atom is 0.357 e. The SMILES string of the molecule is Cc1[nH]nc(C(=O)O)c1S(=O)(=O)Nc1ccc(Cl)cc1. The van der Waals surface area contributed by atoms with Crippen LogP contribution in [0.3, 0.4) is 0 Å². The van der Waals surface area contributed by atoms with Crippen molar-refractivity contribution in [2.75, 3.05) is 4.72 Å². The first-order valence-corrected chi connectivity index (χ1v) is 7.24. The van der Waals surface area contributed by atoms with E-state index in [0.29, 0.717) is 5.02 Å². The summed E-state index contributed by atoms with van der Waals surface area (Å²) in [4.78, 5) is 10.6. The summed E-state index contributed by atoms with van der Waals surface area (Å²) in [6.45, 7) is 1.43. The summed E-state index contributed by atoms with van der Waals surface area (Å²) in [6, 6.07) is 5.96. The number of hydrogen-bond donors (Lipinski definition) is 3. The molecule has 0 atom stereocenters. The molecule has 0 radical (unpaired) electrons. The third-order valence-corrected chi connectivity index (χ3v) is 4.25. The molecule has 0 amide bonds. The molecule has 0 aliphatic heterocycles. The van der Waals surface area contributed by atoms with Gasteiger partial charge in [0.25, 0.3) is 10.0 Å². The lowest BCUT2D eigenvalue weighted by Crippen LogP contribution is -2.16. The third-order valence-electron chi connectivity index (χ3n) is 2.46. The molecule has 0 unspecified atom stereocenters. The van der Waals surface area contributed by atoms with Gasteiger partial charge in [0.1, 0.15) is 4.90 Å². The minimum Gasteiger partial charge on any atom is -0.476 e. The number of aromatic amines is 1. The first-order chi connectivity index (χ1) is 9.31. The molecule has 3 N–H and O–H groups in total. The quantitative estimate of drug-likeness (QED) is 0.797. The number of rotatable bonds is 4. The average Bonchev–Trinajstić information content (AvgIpc) is 2.75. The zero-order chi connectivity index (χ0) is 14.9. The molecule has 1 aromatic heterocycles. The highest BCUT2D eigenvalue weighted by atomic mass is 35.5. The number of aryl methyl sites for hydroxylation is 1. The largest absolute Gasteiger partial charge is 0.476 e. The fourth-order valence-corrected chi connectivity index (χ4v) is 3.13. The summed E-state index contributed by atoms with van der Waals surface area (Å²) in [7, 11) is -4.06. The summed E-state index contributed by atoms with van der Waals surface area (Å²) in [5.74, 6) is -1.43.